The molecule has 1 rings (SSSR count). The topological polar surface area (TPSA) is 81.4 Å². The van der Waals surface area contributed by atoms with Gasteiger partial charge in [0.2, 0.25) is 10.0 Å². The smallest absolute Gasteiger partial charge is 0.243 e. The molecule has 0 amide bonds. The summed E-state index contributed by atoms with van der Waals surface area (Å²) in [4.78, 5) is -0.822. The van der Waals surface area contributed by atoms with E-state index in [0.29, 0.717) is 6.07 Å². The molecule has 19 heavy (non-hydrogen) atoms. The van der Waals surface area contributed by atoms with Gasteiger partial charge in [0.05, 0.1) is 5.60 Å². The number of anilines is 1. The van der Waals surface area contributed by atoms with E-state index in [2.05, 4.69) is 4.72 Å². The van der Waals surface area contributed by atoms with E-state index in [1.54, 1.807) is 13.8 Å². The summed E-state index contributed by atoms with van der Waals surface area (Å²) in [7, 11) is -2.79. The lowest BCUT2D eigenvalue weighted by Gasteiger charge is -2.23. The first kappa shape index (κ1) is 15.8. The molecule has 0 unspecified atom stereocenters. The number of sulfonamides is 1. The fourth-order valence-electron chi connectivity index (χ4n) is 1.20. The van der Waals surface area contributed by atoms with Crippen LogP contribution in [0, 0.1) is 11.6 Å². The minimum atomic E-state index is -4.20. The van der Waals surface area contributed by atoms with E-state index in [0.717, 1.165) is 6.07 Å². The van der Waals surface area contributed by atoms with Gasteiger partial charge in [0.15, 0.2) is 11.6 Å². The highest BCUT2D eigenvalue weighted by Gasteiger charge is 2.26. The standard InChI is InChI=1S/C11H16F2N2O3S/c1-11(2,18-3)6-15-19(16,17)9-5-7(14)4-8(12)10(9)13/h4-5,15H,6,14H2,1-3H3. The molecule has 0 aliphatic rings. The van der Waals surface area contributed by atoms with E-state index in [4.69, 9.17) is 10.5 Å². The number of methoxy groups -OCH3 is 1. The van der Waals surface area contributed by atoms with Crippen molar-refractivity contribution in [3.63, 3.8) is 0 Å². The van der Waals surface area contributed by atoms with Gasteiger partial charge in [-0.05, 0) is 26.0 Å². The van der Waals surface area contributed by atoms with E-state index < -0.39 is 32.2 Å². The Morgan fingerprint density at radius 2 is 1.95 bits per heavy atom. The van der Waals surface area contributed by atoms with Gasteiger partial charge in [-0.15, -0.1) is 0 Å². The number of benzene rings is 1. The summed E-state index contributed by atoms with van der Waals surface area (Å²) < 4.78 is 57.6. The van der Waals surface area contributed by atoms with Crippen LogP contribution in [0.15, 0.2) is 17.0 Å². The molecule has 0 heterocycles. The minimum Gasteiger partial charge on any atom is -0.399 e. The average molecular weight is 294 g/mol. The molecular weight excluding hydrogens is 278 g/mol. The second-order valence-electron chi connectivity index (χ2n) is 4.60. The first-order valence-corrected chi connectivity index (χ1v) is 6.87. The maximum Gasteiger partial charge on any atom is 0.243 e. The van der Waals surface area contributed by atoms with E-state index in [9.17, 15) is 17.2 Å². The number of nitrogens with two attached hydrogens (primary N) is 1. The van der Waals surface area contributed by atoms with Crippen molar-refractivity contribution in [3.8, 4) is 0 Å². The molecule has 0 saturated heterocycles. The maximum atomic E-state index is 13.5. The fraction of sp³-hybridized carbons (Fsp3) is 0.455. The molecule has 1 aromatic rings. The molecule has 0 bridgehead atoms. The zero-order valence-corrected chi connectivity index (χ0v) is 11.6. The van der Waals surface area contributed by atoms with Crippen molar-refractivity contribution in [2.75, 3.05) is 19.4 Å². The monoisotopic (exact) mass is 294 g/mol. The molecule has 0 aromatic heterocycles. The van der Waals surface area contributed by atoms with Gasteiger partial charge in [-0.3, -0.25) is 0 Å². The third kappa shape index (κ3) is 3.85. The van der Waals surface area contributed by atoms with Crippen molar-refractivity contribution in [1.29, 1.82) is 0 Å². The number of hydrogen-bond acceptors (Lipinski definition) is 4. The van der Waals surface area contributed by atoms with Crippen LogP contribution in [0.2, 0.25) is 0 Å². The molecule has 0 aliphatic carbocycles. The van der Waals surface area contributed by atoms with E-state index in [-0.39, 0.29) is 12.2 Å². The summed E-state index contributed by atoms with van der Waals surface area (Å²) in [5.41, 5.74) is 4.36. The van der Waals surface area contributed by atoms with Gasteiger partial charge >= 0.3 is 0 Å². The van der Waals surface area contributed by atoms with Gasteiger partial charge in [0, 0.05) is 19.3 Å². The molecule has 0 fully saturated rings. The molecule has 0 atom stereocenters. The quantitative estimate of drug-likeness (QED) is 0.801. The Labute approximate surface area is 110 Å². The van der Waals surface area contributed by atoms with Gasteiger partial charge < -0.3 is 10.5 Å². The van der Waals surface area contributed by atoms with Crippen molar-refractivity contribution in [2.45, 2.75) is 24.3 Å². The lowest BCUT2D eigenvalue weighted by molar-refractivity contribution is 0.0276. The Morgan fingerprint density at radius 3 is 2.47 bits per heavy atom. The van der Waals surface area contributed by atoms with Crippen LogP contribution in [0.4, 0.5) is 14.5 Å². The Morgan fingerprint density at radius 1 is 1.37 bits per heavy atom. The highest BCUT2D eigenvalue weighted by atomic mass is 32.2. The molecule has 1 aromatic carbocycles. The van der Waals surface area contributed by atoms with Crippen LogP contribution in [0.25, 0.3) is 0 Å². The zero-order valence-electron chi connectivity index (χ0n) is 10.8. The van der Waals surface area contributed by atoms with Gasteiger partial charge in [0.25, 0.3) is 0 Å². The molecular formula is C11H16F2N2O3S. The predicted molar refractivity (Wildman–Crippen MR) is 67.0 cm³/mol. The highest BCUT2D eigenvalue weighted by Crippen LogP contribution is 2.21. The molecule has 0 spiro atoms. The largest absolute Gasteiger partial charge is 0.399 e. The second kappa shape index (κ2) is 5.40. The van der Waals surface area contributed by atoms with E-state index >= 15 is 0 Å². The molecule has 0 saturated carbocycles. The van der Waals surface area contributed by atoms with Crippen LogP contribution in [0.5, 0.6) is 0 Å². The van der Waals surface area contributed by atoms with Crippen LogP contribution < -0.4 is 10.5 Å². The van der Waals surface area contributed by atoms with Crippen molar-refractivity contribution in [2.24, 2.45) is 0 Å². The van der Waals surface area contributed by atoms with Gasteiger partial charge in [-0.2, -0.15) is 0 Å². The molecule has 3 N–H and O–H groups in total. The third-order valence-corrected chi connectivity index (χ3v) is 3.95. The third-order valence-electron chi connectivity index (χ3n) is 2.55. The number of rotatable bonds is 5. The van der Waals surface area contributed by atoms with Gasteiger partial charge in [0.1, 0.15) is 4.90 Å². The summed E-state index contributed by atoms with van der Waals surface area (Å²) in [5.74, 6) is -2.77. The first-order valence-electron chi connectivity index (χ1n) is 5.38. The average Bonchev–Trinajstić information content (AvgIpc) is 2.31. The molecule has 108 valence electrons. The zero-order chi connectivity index (χ0) is 14.8. The predicted octanol–water partition coefficient (Wildman–Crippen LogP) is 1.25. The second-order valence-corrected chi connectivity index (χ2v) is 6.34. The van der Waals surface area contributed by atoms with Crippen LogP contribution in [0.3, 0.4) is 0 Å². The number of ether oxygens (including phenoxy) is 1. The van der Waals surface area contributed by atoms with Crippen molar-refractivity contribution >= 4 is 15.7 Å². The number of nitrogen functional groups attached to an aromatic ring is 1. The summed E-state index contributed by atoms with van der Waals surface area (Å²) in [5, 5.41) is 0. The van der Waals surface area contributed by atoms with E-state index in [1.807, 2.05) is 0 Å². The Hall–Kier alpha value is -1.25. The fourth-order valence-corrected chi connectivity index (χ4v) is 2.52. The first-order chi connectivity index (χ1) is 8.59. The Bertz CT molecular complexity index is 574. The molecule has 0 radical (unpaired) electrons. The van der Waals surface area contributed by atoms with Gasteiger partial charge in [-0.1, -0.05) is 0 Å². The summed E-state index contributed by atoms with van der Waals surface area (Å²) >= 11 is 0. The molecule has 8 heteroatoms. The van der Waals surface area contributed by atoms with Crippen LogP contribution in [0.1, 0.15) is 13.8 Å². The summed E-state index contributed by atoms with van der Waals surface area (Å²) in [6.07, 6.45) is 0. The van der Waals surface area contributed by atoms with Crippen LogP contribution >= 0.6 is 0 Å². The van der Waals surface area contributed by atoms with E-state index in [1.165, 1.54) is 7.11 Å². The number of nitrogens with one attached hydrogen (secondary N) is 1. The molecule has 0 aliphatic heterocycles. The lowest BCUT2D eigenvalue weighted by Crippen LogP contribution is -2.40. The van der Waals surface area contributed by atoms with Crippen LogP contribution in [-0.4, -0.2) is 27.7 Å². The maximum absolute atomic E-state index is 13.5. The summed E-state index contributed by atoms with van der Waals surface area (Å²) in [6, 6.07) is 1.58. The van der Waals surface area contributed by atoms with Gasteiger partial charge in [-0.25, -0.2) is 21.9 Å². The van der Waals surface area contributed by atoms with Crippen molar-refractivity contribution in [3.05, 3.63) is 23.8 Å². The number of halogens is 2. The highest BCUT2D eigenvalue weighted by molar-refractivity contribution is 7.89. The lowest BCUT2D eigenvalue weighted by atomic mass is 10.1. The number of hydrogen-bond donors (Lipinski definition) is 2. The van der Waals surface area contributed by atoms with Crippen molar-refractivity contribution in [1.82, 2.24) is 4.72 Å². The van der Waals surface area contributed by atoms with Crippen LogP contribution in [-0.2, 0) is 14.8 Å². The van der Waals surface area contributed by atoms with Crippen molar-refractivity contribution < 1.29 is 21.9 Å². The Balaban J connectivity index is 3.08. The Kier molecular flexibility index (Phi) is 4.49. The summed E-state index contributed by atoms with van der Waals surface area (Å²) in [6.45, 7) is 3.19. The minimum absolute atomic E-state index is 0.0955. The SMILES string of the molecule is COC(C)(C)CNS(=O)(=O)c1cc(N)cc(F)c1F. The molecule has 5 nitrogen and oxygen atoms in total. The normalized spacial score (nSPS) is 12.7.